The van der Waals surface area contributed by atoms with Crippen molar-refractivity contribution in [3.05, 3.63) is 53.3 Å². The summed E-state index contributed by atoms with van der Waals surface area (Å²) in [7, 11) is 1.71. The molecule has 0 bridgehead atoms. The van der Waals surface area contributed by atoms with E-state index in [0.717, 1.165) is 55.4 Å². The van der Waals surface area contributed by atoms with Gasteiger partial charge in [-0.2, -0.15) is 0 Å². The van der Waals surface area contributed by atoms with Crippen LogP contribution in [0.5, 0.6) is 0 Å². The number of ether oxygens (including phenoxy) is 1. The van der Waals surface area contributed by atoms with E-state index in [1.54, 1.807) is 36.2 Å². The number of carbonyl (C=O) groups is 4. The molecule has 1 saturated carbocycles. The highest BCUT2D eigenvalue weighted by Gasteiger charge is 2.23. The van der Waals surface area contributed by atoms with E-state index in [1.807, 2.05) is 13.8 Å². The van der Waals surface area contributed by atoms with Gasteiger partial charge in [-0.1, -0.05) is 24.6 Å². The molecule has 1 atom stereocenters. The van der Waals surface area contributed by atoms with E-state index in [1.165, 1.54) is 5.57 Å². The lowest BCUT2D eigenvalue weighted by atomic mass is 9.90. The van der Waals surface area contributed by atoms with Crippen molar-refractivity contribution >= 4 is 29.6 Å². The maximum atomic E-state index is 13.4. The fraction of sp³-hybridized carbons (Fsp3) is 0.548. The molecule has 232 valence electrons. The molecule has 2 rings (SSSR count). The lowest BCUT2D eigenvalue weighted by Gasteiger charge is -2.27. The molecule has 1 aromatic carbocycles. The van der Waals surface area contributed by atoms with E-state index in [-0.39, 0.29) is 18.4 Å². The number of anilines is 1. The molecule has 5 amide bonds. The second kappa shape index (κ2) is 18.4. The van der Waals surface area contributed by atoms with Crippen LogP contribution in [0.25, 0.3) is 0 Å². The maximum Gasteiger partial charge on any atom is 0.409 e. The summed E-state index contributed by atoms with van der Waals surface area (Å²) in [6, 6.07) is 5.92. The number of benzene rings is 1. The average Bonchev–Trinajstić information content (AvgIpc) is 2.91. The van der Waals surface area contributed by atoms with Gasteiger partial charge in [-0.15, -0.1) is 6.58 Å². The molecule has 0 heterocycles. The Hall–Kier alpha value is -4.02. The van der Waals surface area contributed by atoms with Crippen LogP contribution < -0.4 is 27.0 Å². The number of hydrogen-bond donors (Lipinski definition) is 5. The third-order valence-corrected chi connectivity index (χ3v) is 6.95. The van der Waals surface area contributed by atoms with Gasteiger partial charge in [0, 0.05) is 37.9 Å². The fourth-order valence-corrected chi connectivity index (χ4v) is 4.31. The van der Waals surface area contributed by atoms with E-state index in [9.17, 15) is 19.2 Å². The Morgan fingerprint density at radius 2 is 1.79 bits per heavy atom. The minimum atomic E-state index is -0.611. The Bertz CT molecular complexity index is 1100. The van der Waals surface area contributed by atoms with Gasteiger partial charge in [0.2, 0.25) is 11.8 Å². The first-order chi connectivity index (χ1) is 20.1. The largest absolute Gasteiger partial charge is 0.445 e. The van der Waals surface area contributed by atoms with Gasteiger partial charge in [0.05, 0.1) is 6.54 Å². The zero-order chi connectivity index (χ0) is 30.9. The summed E-state index contributed by atoms with van der Waals surface area (Å²) in [6.07, 6.45) is 6.43. The average molecular weight is 585 g/mol. The molecule has 1 aromatic rings. The standard InChI is InChI=1S/C31H48N6O5/c1-5-9-28(38)34-20-27(24-11-6-12-24)36-26(13-7-18-33-30(32)40)29(39)35-25-16-14-23(15-17-25)21-42-31(41)37(4)19-8-10-22(2)3/h14-17,26,36H,2,5-13,18-21H2,1,3-4H3,(H,34,38)(H,35,39)(H3,32,33,40). The maximum absolute atomic E-state index is 13.4. The molecule has 1 unspecified atom stereocenters. The summed E-state index contributed by atoms with van der Waals surface area (Å²) in [6.45, 7) is 9.19. The van der Waals surface area contributed by atoms with Crippen LogP contribution in [0.2, 0.25) is 0 Å². The first-order valence-electron chi connectivity index (χ1n) is 14.8. The van der Waals surface area contributed by atoms with E-state index >= 15 is 0 Å². The van der Waals surface area contributed by atoms with Crippen molar-refractivity contribution in [2.24, 2.45) is 5.73 Å². The zero-order valence-corrected chi connectivity index (χ0v) is 25.4. The highest BCUT2D eigenvalue weighted by atomic mass is 16.6. The molecular weight excluding hydrogens is 536 g/mol. The van der Waals surface area contributed by atoms with Crippen LogP contribution in [0, 0.1) is 0 Å². The van der Waals surface area contributed by atoms with Crippen LogP contribution >= 0.6 is 0 Å². The van der Waals surface area contributed by atoms with Gasteiger partial charge in [-0.25, -0.2) is 9.59 Å². The summed E-state index contributed by atoms with van der Waals surface area (Å²) in [5.74, 6) is -0.259. The Kier molecular flexibility index (Phi) is 15.0. The van der Waals surface area contributed by atoms with Crippen LogP contribution in [0.1, 0.15) is 77.2 Å². The Morgan fingerprint density at radius 1 is 1.07 bits per heavy atom. The number of urea groups is 1. The topological polar surface area (TPSA) is 155 Å². The van der Waals surface area contributed by atoms with Crippen molar-refractivity contribution in [1.82, 2.24) is 20.9 Å². The second-order valence-electron chi connectivity index (χ2n) is 10.8. The number of amides is 5. The molecule has 0 aliphatic heterocycles. The second-order valence-corrected chi connectivity index (χ2v) is 10.8. The van der Waals surface area contributed by atoms with Crippen molar-refractivity contribution in [2.75, 3.05) is 32.0 Å². The van der Waals surface area contributed by atoms with Crippen molar-refractivity contribution in [1.29, 1.82) is 0 Å². The number of allylic oxidation sites excluding steroid dienone is 2. The van der Waals surface area contributed by atoms with Gasteiger partial charge >= 0.3 is 12.1 Å². The van der Waals surface area contributed by atoms with Crippen molar-refractivity contribution in [3.63, 3.8) is 0 Å². The summed E-state index contributed by atoms with van der Waals surface area (Å²) in [5, 5.41) is 11.8. The van der Waals surface area contributed by atoms with E-state index in [4.69, 9.17) is 10.5 Å². The summed E-state index contributed by atoms with van der Waals surface area (Å²) >= 11 is 0. The molecule has 6 N–H and O–H groups in total. The number of rotatable bonds is 18. The monoisotopic (exact) mass is 584 g/mol. The van der Waals surface area contributed by atoms with Crippen LogP contribution in [0.15, 0.2) is 47.7 Å². The first-order valence-corrected chi connectivity index (χ1v) is 14.8. The summed E-state index contributed by atoms with van der Waals surface area (Å²) in [4.78, 5) is 50.4. The Morgan fingerprint density at radius 3 is 2.38 bits per heavy atom. The quantitative estimate of drug-likeness (QED) is 0.128. The van der Waals surface area contributed by atoms with Crippen LogP contribution in [-0.2, 0) is 20.9 Å². The first kappa shape index (κ1) is 34.2. The van der Waals surface area contributed by atoms with Crippen molar-refractivity contribution in [3.8, 4) is 0 Å². The van der Waals surface area contributed by atoms with Crippen molar-refractivity contribution < 1.29 is 23.9 Å². The van der Waals surface area contributed by atoms with Crippen LogP contribution in [0.4, 0.5) is 15.3 Å². The molecule has 1 fully saturated rings. The zero-order valence-electron chi connectivity index (χ0n) is 25.4. The van der Waals surface area contributed by atoms with Gasteiger partial charge in [0.25, 0.3) is 0 Å². The van der Waals surface area contributed by atoms with Gasteiger partial charge < -0.3 is 36.6 Å². The smallest absolute Gasteiger partial charge is 0.409 e. The van der Waals surface area contributed by atoms with Crippen LogP contribution in [-0.4, -0.2) is 61.6 Å². The molecule has 42 heavy (non-hydrogen) atoms. The summed E-state index contributed by atoms with van der Waals surface area (Å²) < 4.78 is 5.41. The third-order valence-electron chi connectivity index (χ3n) is 6.95. The lowest BCUT2D eigenvalue weighted by Crippen LogP contribution is -2.44. The van der Waals surface area contributed by atoms with Gasteiger partial charge in [0.15, 0.2) is 0 Å². The molecule has 1 aliphatic carbocycles. The predicted octanol–water partition coefficient (Wildman–Crippen LogP) is 4.31. The highest BCUT2D eigenvalue weighted by molar-refractivity contribution is 5.95. The molecular formula is C31H48N6O5. The van der Waals surface area contributed by atoms with Crippen LogP contribution in [0.3, 0.4) is 0 Å². The number of primary amides is 1. The normalized spacial score (nSPS) is 12.8. The molecule has 0 aromatic heterocycles. The molecule has 0 spiro atoms. The predicted molar refractivity (Wildman–Crippen MR) is 164 cm³/mol. The number of nitrogens with zero attached hydrogens (tertiary/aromatic N) is 1. The number of hydrogen-bond acceptors (Lipinski definition) is 6. The number of carbonyl (C=O) groups excluding carboxylic acids is 4. The lowest BCUT2D eigenvalue weighted by molar-refractivity contribution is -0.121. The van der Waals surface area contributed by atoms with Gasteiger partial charge in [-0.05, 0) is 81.6 Å². The minimum absolute atomic E-state index is 0.0245. The van der Waals surface area contributed by atoms with Gasteiger partial charge in [0.1, 0.15) is 12.6 Å². The fourth-order valence-electron chi connectivity index (χ4n) is 4.31. The van der Waals surface area contributed by atoms with E-state index < -0.39 is 18.2 Å². The summed E-state index contributed by atoms with van der Waals surface area (Å²) in [5.41, 5.74) is 9.73. The molecule has 0 radical (unpaired) electrons. The minimum Gasteiger partial charge on any atom is -0.445 e. The van der Waals surface area contributed by atoms with Crippen molar-refractivity contribution in [2.45, 2.75) is 84.3 Å². The van der Waals surface area contributed by atoms with Gasteiger partial charge in [-0.3, -0.25) is 9.59 Å². The number of nitrogens with two attached hydrogens (primary N) is 1. The number of nitrogens with one attached hydrogen (secondary N) is 4. The molecule has 1 aliphatic rings. The molecule has 0 saturated heterocycles. The Labute approximate surface area is 249 Å². The molecule has 11 nitrogen and oxygen atoms in total. The molecule has 11 heteroatoms. The van der Waals surface area contributed by atoms with E-state index in [2.05, 4.69) is 27.8 Å². The Balaban J connectivity index is 1.98. The van der Waals surface area contributed by atoms with E-state index in [0.29, 0.717) is 44.6 Å². The third kappa shape index (κ3) is 13.1. The SMILES string of the molecule is C=C(C)CCCN(C)C(=O)OCc1ccc(NC(=O)C(CCCNC(N)=O)NC(CNC(=O)CCC)=C2CCC2)cc1. The highest BCUT2D eigenvalue weighted by Crippen LogP contribution is 2.28.